The summed E-state index contributed by atoms with van der Waals surface area (Å²) in [4.78, 5) is 3.85. The highest BCUT2D eigenvalue weighted by Gasteiger charge is 2.22. The van der Waals surface area contributed by atoms with Crippen molar-refractivity contribution in [1.29, 1.82) is 0 Å². The maximum absolute atomic E-state index is 9.16. The van der Waals surface area contributed by atoms with E-state index < -0.39 is 0 Å². The van der Waals surface area contributed by atoms with Gasteiger partial charge in [0.2, 0.25) is 0 Å². The number of nitrogens with zero attached hydrogens (tertiary/aromatic N) is 1. The van der Waals surface area contributed by atoms with E-state index in [9.17, 15) is 0 Å². The molecular weight excluding hydrogens is 202 g/mol. The first kappa shape index (κ1) is 9.21. The van der Waals surface area contributed by atoms with E-state index in [0.717, 1.165) is 10.9 Å². The summed E-state index contributed by atoms with van der Waals surface area (Å²) in [6.45, 7) is 0.486. The third kappa shape index (κ3) is 1.41. The Kier molecular flexibility index (Phi) is 2.03. The third-order valence-corrected chi connectivity index (χ3v) is 2.81. The van der Waals surface area contributed by atoms with Crippen LogP contribution in [0.3, 0.4) is 0 Å². The van der Waals surface area contributed by atoms with Crippen molar-refractivity contribution in [3.8, 4) is 0 Å². The van der Waals surface area contributed by atoms with Gasteiger partial charge < -0.3 is 9.84 Å². The lowest BCUT2D eigenvalue weighted by atomic mass is 10.0. The molecule has 3 rings (SSSR count). The van der Waals surface area contributed by atoms with Crippen LogP contribution < -0.4 is 0 Å². The maximum Gasteiger partial charge on any atom is 0.381 e. The van der Waals surface area contributed by atoms with Crippen LogP contribution in [0.15, 0.2) is 47.5 Å². The van der Waals surface area contributed by atoms with Crippen molar-refractivity contribution >= 4 is 16.9 Å². The summed E-state index contributed by atoms with van der Waals surface area (Å²) in [5.74, 6) is 0. The lowest BCUT2D eigenvalue weighted by molar-refractivity contribution is 0.182. The zero-order valence-corrected chi connectivity index (χ0v) is 8.63. The van der Waals surface area contributed by atoms with E-state index in [2.05, 4.69) is 23.2 Å². The molecule has 0 bridgehead atoms. The predicted molar refractivity (Wildman–Crippen MR) is 62.7 cm³/mol. The van der Waals surface area contributed by atoms with Crippen LogP contribution >= 0.6 is 0 Å². The number of hydrogen-bond acceptors (Lipinski definition) is 2. The van der Waals surface area contributed by atoms with E-state index in [4.69, 9.17) is 9.84 Å². The molecule has 1 aliphatic rings. The molecule has 2 aromatic rings. The fraction of sp³-hybridized carbons (Fsp3) is 0.154. The average Bonchev–Trinajstić information content (AvgIpc) is 2.75. The van der Waals surface area contributed by atoms with Gasteiger partial charge in [0.25, 0.3) is 0 Å². The molecule has 2 aromatic carbocycles. The van der Waals surface area contributed by atoms with Gasteiger partial charge in [0.15, 0.2) is 0 Å². The molecule has 80 valence electrons. The van der Waals surface area contributed by atoms with Gasteiger partial charge in [-0.05, 0) is 10.8 Å². The minimum absolute atomic E-state index is 0.161. The number of rotatable bonds is 1. The standard InChI is InChI=1S/C13H11NO2/c15-13-14-8-12(16-13)11-7-3-5-9-4-1-2-6-10(9)11/h1-7,12H,8H2,(H,14,15). The quantitative estimate of drug-likeness (QED) is 0.791. The van der Waals surface area contributed by atoms with E-state index in [0.29, 0.717) is 6.54 Å². The molecule has 1 heterocycles. The number of fused-ring (bicyclic) bond motifs is 1. The van der Waals surface area contributed by atoms with Crippen LogP contribution in [-0.4, -0.2) is 17.7 Å². The fourth-order valence-corrected chi connectivity index (χ4v) is 2.06. The number of aliphatic hydroxyl groups is 1. The van der Waals surface area contributed by atoms with Gasteiger partial charge in [0, 0.05) is 5.56 Å². The van der Waals surface area contributed by atoms with Gasteiger partial charge in [0.05, 0.1) is 6.54 Å². The van der Waals surface area contributed by atoms with E-state index >= 15 is 0 Å². The molecule has 0 radical (unpaired) electrons. The van der Waals surface area contributed by atoms with Crippen molar-refractivity contribution in [3.63, 3.8) is 0 Å². The Labute approximate surface area is 93.0 Å². The van der Waals surface area contributed by atoms with Gasteiger partial charge in [-0.15, -0.1) is 0 Å². The lowest BCUT2D eigenvalue weighted by Crippen LogP contribution is -2.04. The summed E-state index contributed by atoms with van der Waals surface area (Å²) in [6, 6.07) is 14.2. The van der Waals surface area contributed by atoms with Gasteiger partial charge in [-0.3, -0.25) is 0 Å². The lowest BCUT2D eigenvalue weighted by Gasteiger charge is -2.12. The predicted octanol–water partition coefficient (Wildman–Crippen LogP) is 2.83. The van der Waals surface area contributed by atoms with Crippen LogP contribution in [0.5, 0.6) is 0 Å². The van der Waals surface area contributed by atoms with Gasteiger partial charge in [-0.2, -0.15) is 0 Å². The Hall–Kier alpha value is -2.03. The number of ether oxygens (including phenoxy) is 1. The van der Waals surface area contributed by atoms with E-state index in [-0.39, 0.29) is 12.2 Å². The number of aliphatic imine (C=N–C) groups is 1. The highest BCUT2D eigenvalue weighted by Crippen LogP contribution is 2.29. The molecule has 0 amide bonds. The number of aliphatic hydroxyl groups excluding tert-OH is 1. The molecule has 3 heteroatoms. The molecule has 1 aliphatic heterocycles. The first-order chi connectivity index (χ1) is 7.84. The van der Waals surface area contributed by atoms with Gasteiger partial charge >= 0.3 is 6.08 Å². The molecule has 0 aliphatic carbocycles. The Morgan fingerprint density at radius 2 is 1.94 bits per heavy atom. The van der Waals surface area contributed by atoms with Crippen LogP contribution in [-0.2, 0) is 4.74 Å². The van der Waals surface area contributed by atoms with Crippen LogP contribution in [0.25, 0.3) is 10.8 Å². The molecule has 0 saturated carbocycles. The van der Waals surface area contributed by atoms with Crippen molar-refractivity contribution in [2.45, 2.75) is 6.10 Å². The Bertz CT molecular complexity index is 557. The van der Waals surface area contributed by atoms with Crippen molar-refractivity contribution in [2.24, 2.45) is 4.99 Å². The van der Waals surface area contributed by atoms with Crippen molar-refractivity contribution in [3.05, 3.63) is 48.0 Å². The monoisotopic (exact) mass is 213 g/mol. The molecule has 0 saturated heterocycles. The third-order valence-electron chi connectivity index (χ3n) is 2.81. The smallest absolute Gasteiger partial charge is 0.381 e. The second-order valence-electron chi connectivity index (χ2n) is 3.80. The first-order valence-electron chi connectivity index (χ1n) is 5.22. The Morgan fingerprint density at radius 1 is 1.12 bits per heavy atom. The average molecular weight is 213 g/mol. The van der Waals surface area contributed by atoms with Gasteiger partial charge in [-0.1, -0.05) is 42.5 Å². The Morgan fingerprint density at radius 3 is 2.75 bits per heavy atom. The molecule has 0 spiro atoms. The summed E-state index contributed by atoms with van der Waals surface area (Å²) in [5.41, 5.74) is 1.07. The molecule has 16 heavy (non-hydrogen) atoms. The summed E-state index contributed by atoms with van der Waals surface area (Å²) < 4.78 is 5.26. The zero-order valence-electron chi connectivity index (χ0n) is 8.63. The van der Waals surface area contributed by atoms with Crippen molar-refractivity contribution in [2.75, 3.05) is 6.54 Å². The van der Waals surface area contributed by atoms with E-state index in [1.165, 1.54) is 5.39 Å². The molecular formula is C13H11NO2. The van der Waals surface area contributed by atoms with E-state index in [1.807, 2.05) is 24.3 Å². The summed E-state index contributed by atoms with van der Waals surface area (Å²) >= 11 is 0. The largest absolute Gasteiger partial charge is 0.466 e. The van der Waals surface area contributed by atoms with Crippen LogP contribution in [0, 0.1) is 0 Å². The molecule has 1 N–H and O–H groups in total. The molecule has 0 aromatic heterocycles. The number of benzene rings is 2. The second-order valence-corrected chi connectivity index (χ2v) is 3.80. The van der Waals surface area contributed by atoms with Crippen LogP contribution in [0.4, 0.5) is 0 Å². The molecule has 1 unspecified atom stereocenters. The second kappa shape index (κ2) is 3.52. The summed E-state index contributed by atoms with van der Waals surface area (Å²) in [5, 5.41) is 11.5. The molecule has 0 fully saturated rings. The highest BCUT2D eigenvalue weighted by atomic mass is 16.6. The highest BCUT2D eigenvalue weighted by molar-refractivity contribution is 5.86. The zero-order chi connectivity index (χ0) is 11.0. The minimum atomic E-state index is -0.210. The SMILES string of the molecule is OC1=NCC(c2cccc3ccccc23)O1. The Balaban J connectivity index is 2.10. The van der Waals surface area contributed by atoms with Gasteiger partial charge in [0.1, 0.15) is 6.10 Å². The summed E-state index contributed by atoms with van der Waals surface area (Å²) in [6.07, 6.45) is -0.371. The maximum atomic E-state index is 9.16. The molecule has 1 atom stereocenters. The fourth-order valence-electron chi connectivity index (χ4n) is 2.06. The number of hydrogen-bond donors (Lipinski definition) is 1. The van der Waals surface area contributed by atoms with Crippen molar-refractivity contribution < 1.29 is 9.84 Å². The topological polar surface area (TPSA) is 41.8 Å². The van der Waals surface area contributed by atoms with Crippen LogP contribution in [0.2, 0.25) is 0 Å². The summed E-state index contributed by atoms with van der Waals surface area (Å²) in [7, 11) is 0. The van der Waals surface area contributed by atoms with Crippen LogP contribution in [0.1, 0.15) is 11.7 Å². The molecule has 3 nitrogen and oxygen atoms in total. The van der Waals surface area contributed by atoms with E-state index in [1.54, 1.807) is 0 Å². The van der Waals surface area contributed by atoms with Gasteiger partial charge in [-0.25, -0.2) is 4.99 Å². The normalized spacial score (nSPS) is 19.5. The van der Waals surface area contributed by atoms with Crippen molar-refractivity contribution in [1.82, 2.24) is 0 Å². The first-order valence-corrected chi connectivity index (χ1v) is 5.22. The minimum Gasteiger partial charge on any atom is -0.466 e.